The first kappa shape index (κ1) is 13.8. The van der Waals surface area contributed by atoms with Crippen LogP contribution < -0.4 is 9.47 Å². The molecule has 0 amide bonds. The molecule has 2 aromatic carbocycles. The normalized spacial score (nSPS) is 10.3. The van der Waals surface area contributed by atoms with Crippen LogP contribution in [0.15, 0.2) is 42.5 Å². The number of aryl methyl sites for hydroxylation is 1. The van der Waals surface area contributed by atoms with Crippen LogP contribution in [0.25, 0.3) is 0 Å². The predicted octanol–water partition coefficient (Wildman–Crippen LogP) is 4.79. The van der Waals surface area contributed by atoms with Crippen molar-refractivity contribution in [3.63, 3.8) is 0 Å². The lowest BCUT2D eigenvalue weighted by Crippen LogP contribution is -1.94. The lowest BCUT2D eigenvalue weighted by molar-refractivity contribution is 0.377. The molecule has 0 spiro atoms. The van der Waals surface area contributed by atoms with E-state index in [0.29, 0.717) is 11.6 Å². The Labute approximate surface area is 118 Å². The zero-order valence-electron chi connectivity index (χ0n) is 11.2. The molecule has 0 N–H and O–H groups in total. The van der Waals surface area contributed by atoms with Crippen LogP contribution in [-0.4, -0.2) is 7.11 Å². The lowest BCUT2D eigenvalue weighted by Gasteiger charge is -2.13. The fraction of sp³-hybridized carbons (Fsp3) is 0.250. The summed E-state index contributed by atoms with van der Waals surface area (Å²) in [5.74, 6) is 2.63. The molecular formula is C16H17ClO2. The minimum atomic E-state index is 0.422. The molecule has 2 nitrogen and oxygen atoms in total. The van der Waals surface area contributed by atoms with E-state index in [0.717, 1.165) is 23.5 Å². The minimum absolute atomic E-state index is 0.422. The van der Waals surface area contributed by atoms with Crippen LogP contribution in [0.3, 0.4) is 0 Å². The molecule has 2 aromatic rings. The second-order valence-corrected chi connectivity index (χ2v) is 4.45. The number of rotatable bonds is 5. The first-order valence-electron chi connectivity index (χ1n) is 6.27. The van der Waals surface area contributed by atoms with Gasteiger partial charge in [-0.1, -0.05) is 31.2 Å². The standard InChI is InChI=1S/C16H17ClO2/c1-3-12-8-9-15(16(10-12)18-2)19-14-7-5-4-6-13(14)11-17/h4-10H,3,11H2,1-2H3. The number of hydrogen-bond donors (Lipinski definition) is 0. The Kier molecular flexibility index (Phi) is 4.69. The average Bonchev–Trinajstić information content (AvgIpc) is 2.48. The van der Waals surface area contributed by atoms with Gasteiger partial charge in [0.25, 0.3) is 0 Å². The molecule has 0 fully saturated rings. The fourth-order valence-electron chi connectivity index (χ4n) is 1.85. The molecule has 0 bridgehead atoms. The third kappa shape index (κ3) is 3.21. The van der Waals surface area contributed by atoms with Crippen molar-refractivity contribution in [2.45, 2.75) is 19.2 Å². The van der Waals surface area contributed by atoms with Gasteiger partial charge in [-0.15, -0.1) is 11.6 Å². The summed E-state index contributed by atoms with van der Waals surface area (Å²) in [7, 11) is 1.65. The van der Waals surface area contributed by atoms with Gasteiger partial charge in [-0.05, 0) is 30.2 Å². The van der Waals surface area contributed by atoms with E-state index in [4.69, 9.17) is 21.1 Å². The van der Waals surface area contributed by atoms with Gasteiger partial charge in [0.15, 0.2) is 11.5 Å². The highest BCUT2D eigenvalue weighted by molar-refractivity contribution is 6.17. The molecule has 0 heterocycles. The number of hydrogen-bond acceptors (Lipinski definition) is 2. The van der Waals surface area contributed by atoms with Crippen LogP contribution in [0, 0.1) is 0 Å². The van der Waals surface area contributed by atoms with Gasteiger partial charge in [-0.25, -0.2) is 0 Å². The van der Waals surface area contributed by atoms with Crippen molar-refractivity contribution >= 4 is 11.6 Å². The molecule has 0 aliphatic heterocycles. The van der Waals surface area contributed by atoms with Crippen LogP contribution in [0.5, 0.6) is 17.2 Å². The van der Waals surface area contributed by atoms with E-state index in [-0.39, 0.29) is 0 Å². The van der Waals surface area contributed by atoms with Gasteiger partial charge in [0.1, 0.15) is 5.75 Å². The number of benzene rings is 2. The summed E-state index contributed by atoms with van der Waals surface area (Å²) in [6, 6.07) is 13.7. The van der Waals surface area contributed by atoms with E-state index >= 15 is 0 Å². The number of alkyl halides is 1. The van der Waals surface area contributed by atoms with Crippen molar-refractivity contribution in [3.05, 3.63) is 53.6 Å². The quantitative estimate of drug-likeness (QED) is 0.731. The highest BCUT2D eigenvalue weighted by Crippen LogP contribution is 2.34. The molecule has 0 atom stereocenters. The van der Waals surface area contributed by atoms with Crippen LogP contribution in [0.4, 0.5) is 0 Å². The molecule has 2 rings (SSSR count). The van der Waals surface area contributed by atoms with Gasteiger partial charge in [0, 0.05) is 5.56 Å². The van der Waals surface area contributed by atoms with Gasteiger partial charge in [-0.2, -0.15) is 0 Å². The molecule has 0 saturated carbocycles. The summed E-state index contributed by atoms with van der Waals surface area (Å²) in [6.07, 6.45) is 0.967. The van der Waals surface area contributed by atoms with Gasteiger partial charge in [0.05, 0.1) is 13.0 Å². The molecule has 0 radical (unpaired) electrons. The third-order valence-corrected chi connectivity index (χ3v) is 3.26. The molecular weight excluding hydrogens is 260 g/mol. The first-order valence-corrected chi connectivity index (χ1v) is 6.80. The van der Waals surface area contributed by atoms with E-state index in [1.165, 1.54) is 5.56 Å². The van der Waals surface area contributed by atoms with E-state index < -0.39 is 0 Å². The van der Waals surface area contributed by atoms with Gasteiger partial charge < -0.3 is 9.47 Å². The number of para-hydroxylation sites is 1. The molecule has 0 aliphatic rings. The second kappa shape index (κ2) is 6.48. The van der Waals surface area contributed by atoms with Crippen LogP contribution in [-0.2, 0) is 12.3 Å². The van der Waals surface area contributed by atoms with Crippen molar-refractivity contribution in [2.24, 2.45) is 0 Å². The Morgan fingerprint density at radius 2 is 1.79 bits per heavy atom. The van der Waals surface area contributed by atoms with E-state index in [1.807, 2.05) is 42.5 Å². The maximum atomic E-state index is 5.91. The summed E-state index contributed by atoms with van der Waals surface area (Å²) in [5, 5.41) is 0. The SMILES string of the molecule is CCc1ccc(Oc2ccccc2CCl)c(OC)c1. The molecule has 0 saturated heterocycles. The Morgan fingerprint density at radius 1 is 1.00 bits per heavy atom. The van der Waals surface area contributed by atoms with Crippen molar-refractivity contribution in [1.82, 2.24) is 0 Å². The van der Waals surface area contributed by atoms with E-state index in [1.54, 1.807) is 7.11 Å². The van der Waals surface area contributed by atoms with Crippen molar-refractivity contribution in [1.29, 1.82) is 0 Å². The summed E-state index contributed by atoms with van der Waals surface area (Å²) >= 11 is 5.91. The molecule has 3 heteroatoms. The largest absolute Gasteiger partial charge is 0.493 e. The van der Waals surface area contributed by atoms with Crippen molar-refractivity contribution in [2.75, 3.05) is 7.11 Å². The van der Waals surface area contributed by atoms with Crippen LogP contribution in [0.1, 0.15) is 18.1 Å². The Bertz CT molecular complexity index is 552. The summed E-state index contributed by atoms with van der Waals surface area (Å²) in [5.41, 5.74) is 2.18. The smallest absolute Gasteiger partial charge is 0.169 e. The number of methoxy groups -OCH3 is 1. The maximum absolute atomic E-state index is 5.91. The molecule has 100 valence electrons. The zero-order chi connectivity index (χ0) is 13.7. The monoisotopic (exact) mass is 276 g/mol. The maximum Gasteiger partial charge on any atom is 0.169 e. The molecule has 0 aliphatic carbocycles. The minimum Gasteiger partial charge on any atom is -0.493 e. The van der Waals surface area contributed by atoms with Crippen LogP contribution in [0.2, 0.25) is 0 Å². The Hall–Kier alpha value is -1.67. The highest BCUT2D eigenvalue weighted by Gasteiger charge is 2.09. The Morgan fingerprint density at radius 3 is 2.47 bits per heavy atom. The predicted molar refractivity (Wildman–Crippen MR) is 78.4 cm³/mol. The van der Waals surface area contributed by atoms with E-state index in [9.17, 15) is 0 Å². The van der Waals surface area contributed by atoms with Gasteiger partial charge >= 0.3 is 0 Å². The summed E-state index contributed by atoms with van der Waals surface area (Å²) in [6.45, 7) is 2.11. The van der Waals surface area contributed by atoms with Gasteiger partial charge in [-0.3, -0.25) is 0 Å². The fourth-order valence-corrected chi connectivity index (χ4v) is 2.07. The summed E-state index contributed by atoms with van der Waals surface area (Å²) < 4.78 is 11.3. The van der Waals surface area contributed by atoms with E-state index in [2.05, 4.69) is 6.92 Å². The first-order chi connectivity index (χ1) is 9.28. The average molecular weight is 277 g/mol. The molecule has 0 aromatic heterocycles. The number of halogens is 1. The molecule has 19 heavy (non-hydrogen) atoms. The zero-order valence-corrected chi connectivity index (χ0v) is 11.9. The highest BCUT2D eigenvalue weighted by atomic mass is 35.5. The third-order valence-electron chi connectivity index (χ3n) is 2.97. The number of ether oxygens (including phenoxy) is 2. The topological polar surface area (TPSA) is 18.5 Å². The molecule has 0 unspecified atom stereocenters. The summed E-state index contributed by atoms with van der Waals surface area (Å²) in [4.78, 5) is 0. The van der Waals surface area contributed by atoms with Gasteiger partial charge in [0.2, 0.25) is 0 Å². The van der Waals surface area contributed by atoms with Crippen molar-refractivity contribution < 1.29 is 9.47 Å². The Balaban J connectivity index is 2.32. The second-order valence-electron chi connectivity index (χ2n) is 4.18. The van der Waals surface area contributed by atoms with Crippen LogP contribution >= 0.6 is 11.6 Å². The van der Waals surface area contributed by atoms with Crippen molar-refractivity contribution in [3.8, 4) is 17.2 Å². The lowest BCUT2D eigenvalue weighted by atomic mass is 10.1.